The smallest absolute Gasteiger partial charge is 0.341 e. The van der Waals surface area contributed by atoms with E-state index in [1.54, 1.807) is 7.11 Å². The van der Waals surface area contributed by atoms with Gasteiger partial charge in [-0.3, -0.25) is 4.79 Å². The quantitative estimate of drug-likeness (QED) is 0.681. The van der Waals surface area contributed by atoms with Crippen LogP contribution in [-0.4, -0.2) is 40.0 Å². The predicted molar refractivity (Wildman–Crippen MR) is 75.4 cm³/mol. The molecule has 0 N–H and O–H groups in total. The number of ether oxygens (including phenoxy) is 2. The molecule has 0 aromatic heterocycles. The molecule has 0 spiro atoms. The Bertz CT molecular complexity index is 584. The number of methoxy groups -OCH3 is 1. The molecule has 0 aliphatic heterocycles. The van der Waals surface area contributed by atoms with E-state index in [9.17, 15) is 22.0 Å². The number of benzene rings is 1. The zero-order valence-electron chi connectivity index (χ0n) is 12.3. The van der Waals surface area contributed by atoms with Gasteiger partial charge in [-0.15, -0.1) is 0 Å². The largest absolute Gasteiger partial charge is 0.465 e. The molecule has 0 bridgehead atoms. The van der Waals surface area contributed by atoms with Crippen molar-refractivity contribution < 1.29 is 31.5 Å². The molecule has 5 nitrogen and oxygen atoms in total. The molecule has 22 heavy (non-hydrogen) atoms. The summed E-state index contributed by atoms with van der Waals surface area (Å²) >= 11 is 0. The number of sulfone groups is 1. The molecule has 0 radical (unpaired) electrons. The van der Waals surface area contributed by atoms with Gasteiger partial charge >= 0.3 is 11.7 Å². The third-order valence-corrected chi connectivity index (χ3v) is 4.42. The normalized spacial score (nSPS) is 13.1. The van der Waals surface area contributed by atoms with Crippen molar-refractivity contribution in [2.75, 3.05) is 13.7 Å². The van der Waals surface area contributed by atoms with Crippen molar-refractivity contribution in [3.8, 4) is 0 Å². The van der Waals surface area contributed by atoms with Crippen molar-refractivity contribution in [2.45, 2.75) is 36.5 Å². The lowest BCUT2D eigenvalue weighted by molar-refractivity contribution is -0.143. The van der Waals surface area contributed by atoms with E-state index in [4.69, 9.17) is 9.47 Å². The van der Waals surface area contributed by atoms with Crippen LogP contribution in [0, 0.1) is 0 Å². The third kappa shape index (κ3) is 5.34. The summed E-state index contributed by atoms with van der Waals surface area (Å²) in [6.07, 6.45) is 0.483. The van der Waals surface area contributed by atoms with Crippen molar-refractivity contribution in [1.82, 2.24) is 0 Å². The first kappa shape index (κ1) is 18.5. The highest BCUT2D eigenvalue weighted by atomic mass is 32.2. The van der Waals surface area contributed by atoms with E-state index >= 15 is 0 Å². The molecule has 0 saturated heterocycles. The minimum absolute atomic E-state index is 0.0216. The monoisotopic (exact) mass is 336 g/mol. The molecule has 1 atom stereocenters. The Hall–Kier alpha value is -1.54. The van der Waals surface area contributed by atoms with E-state index in [0.717, 1.165) is 12.1 Å². The maximum absolute atomic E-state index is 12.4. The summed E-state index contributed by atoms with van der Waals surface area (Å²) in [6.45, 7) is 2.06. The van der Waals surface area contributed by atoms with Crippen LogP contribution in [0.15, 0.2) is 29.2 Å². The highest BCUT2D eigenvalue weighted by Gasteiger charge is 2.26. The fraction of sp³-hybridized carbons (Fsp3) is 0.500. The first-order chi connectivity index (χ1) is 10.3. The minimum atomic E-state index is -4.61. The van der Waals surface area contributed by atoms with Crippen molar-refractivity contribution in [1.29, 1.82) is 0 Å². The lowest BCUT2D eigenvalue weighted by Gasteiger charge is -2.10. The Morgan fingerprint density at radius 3 is 2.32 bits per heavy atom. The van der Waals surface area contributed by atoms with Gasteiger partial charge in [0, 0.05) is 13.5 Å². The van der Waals surface area contributed by atoms with Gasteiger partial charge in [-0.1, -0.05) is 12.1 Å². The lowest BCUT2D eigenvalue weighted by atomic mass is 10.1. The van der Waals surface area contributed by atoms with Gasteiger partial charge in [-0.25, -0.2) is 8.42 Å². The number of halogens is 2. The molecule has 0 aliphatic rings. The van der Waals surface area contributed by atoms with Gasteiger partial charge in [0.25, 0.3) is 0 Å². The maximum Gasteiger partial charge on any atom is 0.341 e. The van der Waals surface area contributed by atoms with Crippen molar-refractivity contribution >= 4 is 15.8 Å². The number of carbonyl (C=O) groups is 1. The fourth-order valence-corrected chi connectivity index (χ4v) is 2.30. The first-order valence-electron chi connectivity index (χ1n) is 6.56. The molecule has 0 amide bonds. The summed E-state index contributed by atoms with van der Waals surface area (Å²) in [5.41, 5.74) is 0.484. The molecule has 0 unspecified atom stereocenters. The van der Waals surface area contributed by atoms with Crippen molar-refractivity contribution in [2.24, 2.45) is 0 Å². The van der Waals surface area contributed by atoms with Crippen LogP contribution in [-0.2, 0) is 30.5 Å². The molecule has 1 rings (SSSR count). The van der Waals surface area contributed by atoms with Gasteiger partial charge in [0.15, 0.2) is 0 Å². The second kappa shape index (κ2) is 8.19. The van der Waals surface area contributed by atoms with Crippen LogP contribution in [0.1, 0.15) is 18.9 Å². The molecule has 1 aromatic carbocycles. The Morgan fingerprint density at radius 1 is 1.23 bits per heavy atom. The average Bonchev–Trinajstić information content (AvgIpc) is 2.47. The van der Waals surface area contributed by atoms with Crippen LogP contribution in [0.25, 0.3) is 0 Å². The number of alkyl halides is 2. The van der Waals surface area contributed by atoms with Crippen molar-refractivity contribution in [3.05, 3.63) is 29.8 Å². The summed E-state index contributed by atoms with van der Waals surface area (Å²) in [4.78, 5) is 11.1. The highest BCUT2D eigenvalue weighted by Crippen LogP contribution is 2.18. The van der Waals surface area contributed by atoms with Gasteiger partial charge in [0.1, 0.15) is 0 Å². The summed E-state index contributed by atoms with van der Waals surface area (Å²) in [5, 5.41) is 0. The zero-order chi connectivity index (χ0) is 16.8. The number of hydrogen-bond donors (Lipinski definition) is 0. The van der Waals surface area contributed by atoms with E-state index in [2.05, 4.69) is 0 Å². The maximum atomic E-state index is 12.4. The molecule has 124 valence electrons. The number of carbonyl (C=O) groups excluding carboxylic acids is 1. The van der Waals surface area contributed by atoms with Crippen LogP contribution >= 0.6 is 0 Å². The van der Waals surface area contributed by atoms with E-state index in [1.807, 2.05) is 6.92 Å². The summed E-state index contributed by atoms with van der Waals surface area (Å²) in [5.74, 6) is -3.95. The minimum Gasteiger partial charge on any atom is -0.465 e. The number of esters is 1. The van der Waals surface area contributed by atoms with Crippen LogP contribution < -0.4 is 0 Å². The number of rotatable bonds is 8. The molecular formula is C14H18F2O5S. The van der Waals surface area contributed by atoms with Gasteiger partial charge in [0.2, 0.25) is 9.84 Å². The molecule has 0 heterocycles. The lowest BCUT2D eigenvalue weighted by Crippen LogP contribution is -2.14. The van der Waals surface area contributed by atoms with E-state index in [-0.39, 0.29) is 19.1 Å². The van der Waals surface area contributed by atoms with E-state index in [1.165, 1.54) is 12.1 Å². The Kier molecular flexibility index (Phi) is 6.89. The van der Waals surface area contributed by atoms with E-state index in [0.29, 0.717) is 12.0 Å². The SMILES string of the molecule is CO[C@@H](C)CCOC(=O)Cc1ccc(S(=O)(=O)C(F)F)cc1. The fourth-order valence-electron chi connectivity index (χ4n) is 1.57. The zero-order valence-corrected chi connectivity index (χ0v) is 13.1. The van der Waals surface area contributed by atoms with Crippen LogP contribution in [0.4, 0.5) is 8.78 Å². The van der Waals surface area contributed by atoms with Crippen LogP contribution in [0.2, 0.25) is 0 Å². The molecule has 0 saturated carbocycles. The Balaban J connectivity index is 2.56. The molecule has 8 heteroatoms. The van der Waals surface area contributed by atoms with E-state index < -0.39 is 26.5 Å². The second-order valence-electron chi connectivity index (χ2n) is 4.68. The standard InChI is InChI=1S/C14H18F2O5S/c1-10(20-2)7-8-21-13(17)9-11-3-5-12(6-4-11)22(18,19)14(15)16/h3-6,10,14H,7-9H2,1-2H3/t10-/m0/s1. The second-order valence-corrected chi connectivity index (χ2v) is 6.60. The first-order valence-corrected chi connectivity index (χ1v) is 8.11. The van der Waals surface area contributed by atoms with Crippen molar-refractivity contribution in [3.63, 3.8) is 0 Å². The van der Waals surface area contributed by atoms with Crippen LogP contribution in [0.3, 0.4) is 0 Å². The highest BCUT2D eigenvalue weighted by molar-refractivity contribution is 7.91. The number of hydrogen-bond acceptors (Lipinski definition) is 5. The Labute approximate surface area is 128 Å². The van der Waals surface area contributed by atoms with Gasteiger partial charge < -0.3 is 9.47 Å². The third-order valence-electron chi connectivity index (χ3n) is 3.02. The average molecular weight is 336 g/mol. The summed E-state index contributed by atoms with van der Waals surface area (Å²) in [7, 11) is -3.06. The topological polar surface area (TPSA) is 69.7 Å². The Morgan fingerprint density at radius 2 is 1.82 bits per heavy atom. The van der Waals surface area contributed by atoms with Crippen LogP contribution in [0.5, 0.6) is 0 Å². The molecular weight excluding hydrogens is 318 g/mol. The predicted octanol–water partition coefficient (Wildman–Crippen LogP) is 2.19. The summed E-state index contributed by atoms with van der Waals surface area (Å²) in [6, 6.07) is 4.73. The molecule has 0 fully saturated rings. The molecule has 0 aliphatic carbocycles. The van der Waals surface area contributed by atoms with Gasteiger partial charge in [-0.05, 0) is 24.6 Å². The van der Waals surface area contributed by atoms with Gasteiger partial charge in [-0.2, -0.15) is 8.78 Å². The molecule has 1 aromatic rings. The summed E-state index contributed by atoms with van der Waals surface area (Å²) < 4.78 is 57.2. The van der Waals surface area contributed by atoms with Gasteiger partial charge in [0.05, 0.1) is 24.0 Å².